The van der Waals surface area contributed by atoms with Crippen LogP contribution in [0.5, 0.6) is 0 Å². The molecule has 0 bridgehead atoms. The molecule has 0 radical (unpaired) electrons. The van der Waals surface area contributed by atoms with Crippen molar-refractivity contribution in [3.05, 3.63) is 6.33 Å². The van der Waals surface area contributed by atoms with Gasteiger partial charge in [0, 0.05) is 14.1 Å². The number of anilines is 3. The van der Waals surface area contributed by atoms with Crippen LogP contribution in [0.1, 0.15) is 0 Å². The molecule has 0 aromatic carbocycles. The molecule has 1 rings (SSSR count). The van der Waals surface area contributed by atoms with Gasteiger partial charge in [-0.2, -0.15) is 0 Å². The summed E-state index contributed by atoms with van der Waals surface area (Å²) in [5.41, 5.74) is 0.664. The number of nitrogens with zero attached hydrogens (tertiary/aromatic N) is 2. The molecule has 70 valence electrons. The lowest BCUT2D eigenvalue weighted by atomic mass is 10.4. The van der Waals surface area contributed by atoms with Gasteiger partial charge in [-0.1, -0.05) is 0 Å². The number of carbonyl (C=O) groups excluding carboxylic acids is 1. The molecule has 6 nitrogen and oxygen atoms in total. The average molecular weight is 181 g/mol. The number of aromatic nitrogens is 2. The van der Waals surface area contributed by atoms with Gasteiger partial charge in [-0.05, 0) is 0 Å². The Balaban J connectivity index is 3.10. The maximum atomic E-state index is 10.2. The molecule has 0 saturated carbocycles. The Morgan fingerprint density at radius 1 is 1.23 bits per heavy atom. The van der Waals surface area contributed by atoms with Crippen molar-refractivity contribution in [3.8, 4) is 0 Å². The molecule has 0 aliphatic rings. The lowest BCUT2D eigenvalue weighted by Gasteiger charge is -2.10. The largest absolute Gasteiger partial charge is 0.382 e. The summed E-state index contributed by atoms with van der Waals surface area (Å²) in [6, 6.07) is 0. The van der Waals surface area contributed by atoms with Crippen LogP contribution in [0.4, 0.5) is 17.3 Å². The molecule has 1 amide bonds. The third-order valence-corrected chi connectivity index (χ3v) is 1.53. The van der Waals surface area contributed by atoms with E-state index in [0.29, 0.717) is 23.7 Å². The molecular weight excluding hydrogens is 170 g/mol. The van der Waals surface area contributed by atoms with Crippen molar-refractivity contribution < 1.29 is 4.79 Å². The van der Waals surface area contributed by atoms with Gasteiger partial charge >= 0.3 is 0 Å². The first-order valence-electron chi connectivity index (χ1n) is 3.74. The van der Waals surface area contributed by atoms with Crippen molar-refractivity contribution in [3.63, 3.8) is 0 Å². The second kappa shape index (κ2) is 4.24. The first kappa shape index (κ1) is 9.24. The van der Waals surface area contributed by atoms with Crippen molar-refractivity contribution in [1.82, 2.24) is 9.97 Å². The molecule has 0 atom stereocenters. The van der Waals surface area contributed by atoms with Crippen LogP contribution >= 0.6 is 0 Å². The van der Waals surface area contributed by atoms with E-state index in [1.54, 1.807) is 14.1 Å². The fraction of sp³-hybridized carbons (Fsp3) is 0.286. The highest BCUT2D eigenvalue weighted by Crippen LogP contribution is 2.24. The van der Waals surface area contributed by atoms with Crippen LogP contribution < -0.4 is 16.0 Å². The highest BCUT2D eigenvalue weighted by molar-refractivity contribution is 5.83. The van der Waals surface area contributed by atoms with E-state index in [9.17, 15) is 4.79 Å². The highest BCUT2D eigenvalue weighted by atomic mass is 16.1. The van der Waals surface area contributed by atoms with E-state index in [1.807, 2.05) is 0 Å². The second-order valence-corrected chi connectivity index (χ2v) is 2.21. The van der Waals surface area contributed by atoms with Gasteiger partial charge in [-0.25, -0.2) is 9.97 Å². The van der Waals surface area contributed by atoms with Gasteiger partial charge in [0.05, 0.1) is 0 Å². The van der Waals surface area contributed by atoms with Gasteiger partial charge < -0.3 is 16.0 Å². The normalized spacial score (nSPS) is 9.08. The van der Waals surface area contributed by atoms with E-state index in [1.165, 1.54) is 6.33 Å². The third kappa shape index (κ3) is 1.84. The molecule has 1 aromatic heterocycles. The predicted octanol–water partition coefficient (Wildman–Crippen LogP) is 0.128. The minimum Gasteiger partial charge on any atom is -0.382 e. The topological polar surface area (TPSA) is 78.9 Å². The molecule has 0 fully saturated rings. The molecule has 0 unspecified atom stereocenters. The Labute approximate surface area is 75.8 Å². The van der Waals surface area contributed by atoms with Gasteiger partial charge in [0.2, 0.25) is 6.41 Å². The molecule has 0 spiro atoms. The molecule has 1 heterocycles. The van der Waals surface area contributed by atoms with E-state index in [2.05, 4.69) is 25.9 Å². The molecule has 0 aliphatic heterocycles. The molecule has 13 heavy (non-hydrogen) atoms. The predicted molar refractivity (Wildman–Crippen MR) is 50.8 cm³/mol. The lowest BCUT2D eigenvalue weighted by Crippen LogP contribution is -2.06. The number of nitrogens with one attached hydrogen (secondary N) is 3. The Morgan fingerprint density at radius 2 is 1.92 bits per heavy atom. The third-order valence-electron chi connectivity index (χ3n) is 1.53. The fourth-order valence-corrected chi connectivity index (χ4v) is 0.977. The van der Waals surface area contributed by atoms with E-state index >= 15 is 0 Å². The Morgan fingerprint density at radius 3 is 2.46 bits per heavy atom. The second-order valence-electron chi connectivity index (χ2n) is 2.21. The summed E-state index contributed by atoms with van der Waals surface area (Å²) in [4.78, 5) is 18.1. The van der Waals surface area contributed by atoms with E-state index < -0.39 is 0 Å². The first-order valence-corrected chi connectivity index (χ1v) is 3.74. The number of carbonyl (C=O) groups is 1. The zero-order valence-corrected chi connectivity index (χ0v) is 7.46. The minimum absolute atomic E-state index is 0.455. The van der Waals surface area contributed by atoms with E-state index in [0.717, 1.165) is 0 Å². The molecular formula is C7H11N5O. The number of hydrogen-bond acceptors (Lipinski definition) is 5. The fourth-order valence-electron chi connectivity index (χ4n) is 0.977. The van der Waals surface area contributed by atoms with Crippen molar-refractivity contribution in [2.75, 3.05) is 30.0 Å². The SMILES string of the molecule is CNc1ncnc(NC=O)c1NC. The smallest absolute Gasteiger partial charge is 0.212 e. The minimum atomic E-state index is 0.455. The quantitative estimate of drug-likeness (QED) is 0.575. The summed E-state index contributed by atoms with van der Waals surface area (Å²) in [5.74, 6) is 1.10. The summed E-state index contributed by atoms with van der Waals surface area (Å²) in [6.45, 7) is 0. The summed E-state index contributed by atoms with van der Waals surface area (Å²) in [5, 5.41) is 8.23. The molecule has 1 aromatic rings. The Kier molecular flexibility index (Phi) is 3.02. The first-order chi connectivity index (χ1) is 6.33. The van der Waals surface area contributed by atoms with Crippen molar-refractivity contribution >= 4 is 23.7 Å². The maximum absolute atomic E-state index is 10.2. The van der Waals surface area contributed by atoms with E-state index in [4.69, 9.17) is 0 Å². The molecule has 0 aliphatic carbocycles. The van der Waals surface area contributed by atoms with Gasteiger partial charge in [0.15, 0.2) is 11.6 Å². The van der Waals surface area contributed by atoms with Crippen molar-refractivity contribution in [2.45, 2.75) is 0 Å². The molecule has 6 heteroatoms. The summed E-state index contributed by atoms with van der Waals surface area (Å²) in [7, 11) is 3.48. The molecule has 0 saturated heterocycles. The number of amides is 1. The average Bonchev–Trinajstić information content (AvgIpc) is 2.18. The zero-order chi connectivity index (χ0) is 9.68. The maximum Gasteiger partial charge on any atom is 0.212 e. The Hall–Kier alpha value is -1.85. The van der Waals surface area contributed by atoms with Crippen LogP contribution in [0.15, 0.2) is 6.33 Å². The van der Waals surface area contributed by atoms with Crippen LogP contribution in [-0.4, -0.2) is 30.5 Å². The van der Waals surface area contributed by atoms with Crippen LogP contribution in [0.25, 0.3) is 0 Å². The van der Waals surface area contributed by atoms with E-state index in [-0.39, 0.29) is 0 Å². The van der Waals surface area contributed by atoms with Gasteiger partial charge in [-0.15, -0.1) is 0 Å². The summed E-state index contributed by atoms with van der Waals surface area (Å²) < 4.78 is 0. The van der Waals surface area contributed by atoms with Gasteiger partial charge in [0.25, 0.3) is 0 Å². The highest BCUT2D eigenvalue weighted by Gasteiger charge is 2.06. The summed E-state index contributed by atoms with van der Waals surface area (Å²) in [6.07, 6.45) is 1.95. The van der Waals surface area contributed by atoms with Gasteiger partial charge in [-0.3, -0.25) is 4.79 Å². The van der Waals surface area contributed by atoms with Crippen LogP contribution in [-0.2, 0) is 4.79 Å². The summed E-state index contributed by atoms with van der Waals surface area (Å²) >= 11 is 0. The zero-order valence-electron chi connectivity index (χ0n) is 7.46. The number of rotatable bonds is 4. The lowest BCUT2D eigenvalue weighted by molar-refractivity contribution is -0.105. The van der Waals surface area contributed by atoms with Crippen molar-refractivity contribution in [1.29, 1.82) is 0 Å². The van der Waals surface area contributed by atoms with Crippen LogP contribution in [0.2, 0.25) is 0 Å². The number of hydrogen-bond donors (Lipinski definition) is 3. The van der Waals surface area contributed by atoms with Crippen LogP contribution in [0, 0.1) is 0 Å². The van der Waals surface area contributed by atoms with Gasteiger partial charge in [0.1, 0.15) is 12.0 Å². The van der Waals surface area contributed by atoms with Crippen molar-refractivity contribution in [2.24, 2.45) is 0 Å². The van der Waals surface area contributed by atoms with Crippen LogP contribution in [0.3, 0.4) is 0 Å². The Bertz CT molecular complexity index is 301. The standard InChI is InChI=1S/C7H11N5O/c1-8-5-6(9-2)10-3-11-7(5)12-4-13/h3-4,8H,1-2H3,(H2,9,10,11,12,13). The monoisotopic (exact) mass is 181 g/mol. The molecule has 3 N–H and O–H groups in total.